The van der Waals surface area contributed by atoms with E-state index in [1.807, 2.05) is 13.8 Å². The van der Waals surface area contributed by atoms with Crippen LogP contribution in [0.1, 0.15) is 78.9 Å². The standard InChI is InChI=1S/C31H36F4N2O4/c1-19(2)30(29(39)37-17-22-14-23(31(33,34)35)5-7-27(22)41-18-37)11-8-24(16-30)36-12-9-20(10-13-36)21-4-6-26(32)25(15-21)28(38)40-3/h4-7,14-15,19-20,24H,8-13,16-18H2,1-3H3/t24-,30+/m1/s1. The van der Waals surface area contributed by atoms with Crippen molar-refractivity contribution in [3.8, 4) is 5.75 Å². The number of hydrogen-bond donors (Lipinski definition) is 0. The molecule has 0 bridgehead atoms. The number of ether oxygens (including phenoxy) is 2. The van der Waals surface area contributed by atoms with Crippen molar-refractivity contribution in [1.29, 1.82) is 0 Å². The first-order valence-corrected chi connectivity index (χ1v) is 14.2. The second-order valence-electron chi connectivity index (χ2n) is 11.8. The molecule has 6 nitrogen and oxygen atoms in total. The van der Waals surface area contributed by atoms with Gasteiger partial charge in [-0.25, -0.2) is 9.18 Å². The Kier molecular flexibility index (Phi) is 8.07. The van der Waals surface area contributed by atoms with Crippen molar-refractivity contribution in [2.75, 3.05) is 26.9 Å². The Balaban J connectivity index is 1.25. The summed E-state index contributed by atoms with van der Waals surface area (Å²) in [7, 11) is 1.23. The highest BCUT2D eigenvalue weighted by Gasteiger charge is 2.51. The third-order valence-corrected chi connectivity index (χ3v) is 9.38. The molecule has 3 aliphatic rings. The van der Waals surface area contributed by atoms with E-state index in [1.165, 1.54) is 19.2 Å². The summed E-state index contributed by atoms with van der Waals surface area (Å²) in [5.74, 6) is -0.716. The number of methoxy groups -OCH3 is 1. The van der Waals surface area contributed by atoms with Crippen LogP contribution in [0.25, 0.3) is 0 Å². The van der Waals surface area contributed by atoms with Crippen molar-refractivity contribution in [1.82, 2.24) is 9.80 Å². The van der Waals surface area contributed by atoms with Gasteiger partial charge in [0.05, 0.1) is 30.2 Å². The molecule has 1 aliphatic carbocycles. The van der Waals surface area contributed by atoms with E-state index in [2.05, 4.69) is 4.90 Å². The molecule has 2 aliphatic heterocycles. The van der Waals surface area contributed by atoms with Crippen molar-refractivity contribution in [2.45, 2.75) is 70.6 Å². The van der Waals surface area contributed by atoms with Crippen molar-refractivity contribution in [3.05, 3.63) is 64.5 Å². The zero-order valence-corrected chi connectivity index (χ0v) is 23.6. The third-order valence-electron chi connectivity index (χ3n) is 9.38. The van der Waals surface area contributed by atoms with Gasteiger partial charge in [-0.1, -0.05) is 19.9 Å². The summed E-state index contributed by atoms with van der Waals surface area (Å²) in [5.41, 5.74) is -0.132. The predicted molar refractivity (Wildman–Crippen MR) is 144 cm³/mol. The van der Waals surface area contributed by atoms with Gasteiger partial charge in [0, 0.05) is 11.6 Å². The molecule has 222 valence electrons. The van der Waals surface area contributed by atoms with Crippen LogP contribution in [-0.2, 0) is 22.3 Å². The number of likely N-dealkylation sites (tertiary alicyclic amines) is 1. The van der Waals surface area contributed by atoms with Gasteiger partial charge in [0.25, 0.3) is 0 Å². The van der Waals surface area contributed by atoms with Gasteiger partial charge in [-0.3, -0.25) is 4.79 Å². The summed E-state index contributed by atoms with van der Waals surface area (Å²) in [6, 6.07) is 8.27. The predicted octanol–water partition coefficient (Wildman–Crippen LogP) is 6.38. The molecular formula is C31H36F4N2O4. The fraction of sp³-hybridized carbons (Fsp3) is 0.548. The van der Waals surface area contributed by atoms with E-state index in [1.54, 1.807) is 17.0 Å². The van der Waals surface area contributed by atoms with Crippen LogP contribution in [-0.4, -0.2) is 54.6 Å². The molecule has 0 aromatic heterocycles. The van der Waals surface area contributed by atoms with Crippen LogP contribution in [0.5, 0.6) is 5.75 Å². The van der Waals surface area contributed by atoms with Crippen LogP contribution in [0.4, 0.5) is 17.6 Å². The Labute approximate surface area is 237 Å². The average molecular weight is 577 g/mol. The highest BCUT2D eigenvalue weighted by molar-refractivity contribution is 5.89. The number of fused-ring (bicyclic) bond motifs is 1. The Morgan fingerprint density at radius 1 is 1.07 bits per heavy atom. The van der Waals surface area contributed by atoms with Crippen LogP contribution >= 0.6 is 0 Å². The molecule has 1 amide bonds. The average Bonchev–Trinajstić information content (AvgIpc) is 3.43. The largest absolute Gasteiger partial charge is 0.473 e. The van der Waals surface area contributed by atoms with Gasteiger partial charge in [0.1, 0.15) is 11.6 Å². The SMILES string of the molecule is COC(=O)c1cc(C2CCN([C@@H]3CC[C@@](C(=O)N4COc5ccc(C(F)(F)F)cc5C4)(C(C)C)C3)CC2)ccc1F. The molecular weight excluding hydrogens is 540 g/mol. The fourth-order valence-corrected chi connectivity index (χ4v) is 6.85. The lowest BCUT2D eigenvalue weighted by Crippen LogP contribution is -2.49. The monoisotopic (exact) mass is 576 g/mol. The highest BCUT2D eigenvalue weighted by Crippen LogP contribution is 2.49. The van der Waals surface area contributed by atoms with Crippen LogP contribution in [0, 0.1) is 17.2 Å². The number of nitrogens with zero attached hydrogens (tertiary/aromatic N) is 2. The number of alkyl halides is 3. The Hall–Kier alpha value is -3.14. The Morgan fingerprint density at radius 2 is 1.80 bits per heavy atom. The first-order valence-electron chi connectivity index (χ1n) is 14.2. The molecule has 0 radical (unpaired) electrons. The second-order valence-corrected chi connectivity index (χ2v) is 11.8. The summed E-state index contributed by atoms with van der Waals surface area (Å²) in [4.78, 5) is 29.9. The lowest BCUT2D eigenvalue weighted by Gasteiger charge is -2.41. The number of esters is 1. The molecule has 0 spiro atoms. The quantitative estimate of drug-likeness (QED) is 0.305. The van der Waals surface area contributed by atoms with Gasteiger partial charge in [-0.2, -0.15) is 13.2 Å². The molecule has 2 aromatic carbocycles. The molecule has 1 saturated heterocycles. The van der Waals surface area contributed by atoms with Gasteiger partial charge in [-0.15, -0.1) is 0 Å². The fourth-order valence-electron chi connectivity index (χ4n) is 6.85. The highest BCUT2D eigenvalue weighted by atomic mass is 19.4. The van der Waals surface area contributed by atoms with Gasteiger partial charge >= 0.3 is 12.1 Å². The summed E-state index contributed by atoms with van der Waals surface area (Å²) >= 11 is 0. The minimum atomic E-state index is -4.47. The molecule has 2 atom stereocenters. The molecule has 5 rings (SSSR count). The first kappa shape index (κ1) is 29.4. The maximum atomic E-state index is 14.1. The van der Waals surface area contributed by atoms with E-state index < -0.39 is 28.9 Å². The molecule has 0 unspecified atom stereocenters. The van der Waals surface area contributed by atoms with Gasteiger partial charge < -0.3 is 19.3 Å². The van der Waals surface area contributed by atoms with Crippen molar-refractivity contribution >= 4 is 11.9 Å². The summed E-state index contributed by atoms with van der Waals surface area (Å²) in [5, 5.41) is 0. The van der Waals surface area contributed by atoms with Crippen LogP contribution in [0.15, 0.2) is 36.4 Å². The summed E-state index contributed by atoms with van der Waals surface area (Å²) < 4.78 is 64.4. The van der Waals surface area contributed by atoms with Crippen LogP contribution in [0.2, 0.25) is 0 Å². The van der Waals surface area contributed by atoms with E-state index in [0.717, 1.165) is 50.0 Å². The van der Waals surface area contributed by atoms with Crippen molar-refractivity contribution < 1.29 is 36.6 Å². The minimum Gasteiger partial charge on any atom is -0.473 e. The number of carbonyl (C=O) groups is 2. The Bertz CT molecular complexity index is 1310. The second kappa shape index (κ2) is 11.3. The van der Waals surface area contributed by atoms with E-state index >= 15 is 0 Å². The lowest BCUT2D eigenvalue weighted by molar-refractivity contribution is -0.150. The first-order chi connectivity index (χ1) is 19.4. The summed E-state index contributed by atoms with van der Waals surface area (Å²) in [6.07, 6.45) is -0.509. The van der Waals surface area contributed by atoms with E-state index in [-0.39, 0.29) is 42.6 Å². The van der Waals surface area contributed by atoms with Crippen LogP contribution in [0.3, 0.4) is 0 Å². The third kappa shape index (κ3) is 5.67. The zero-order chi connectivity index (χ0) is 29.5. The molecule has 2 fully saturated rings. The number of halogens is 4. The van der Waals surface area contributed by atoms with Crippen LogP contribution < -0.4 is 4.74 Å². The van der Waals surface area contributed by atoms with Gasteiger partial charge in [0.2, 0.25) is 5.91 Å². The minimum absolute atomic E-state index is 0.0208. The molecule has 10 heteroatoms. The van der Waals surface area contributed by atoms with Crippen molar-refractivity contribution in [3.63, 3.8) is 0 Å². The Morgan fingerprint density at radius 3 is 2.46 bits per heavy atom. The normalized spacial score (nSPS) is 23.8. The number of carbonyl (C=O) groups excluding carboxylic acids is 2. The summed E-state index contributed by atoms with van der Waals surface area (Å²) in [6.45, 7) is 5.84. The topological polar surface area (TPSA) is 59.1 Å². The number of piperidine rings is 1. The lowest BCUT2D eigenvalue weighted by atomic mass is 9.74. The van der Waals surface area contributed by atoms with Crippen molar-refractivity contribution in [2.24, 2.45) is 11.3 Å². The number of benzene rings is 2. The maximum Gasteiger partial charge on any atom is 0.416 e. The van der Waals surface area contributed by atoms with E-state index in [0.29, 0.717) is 24.2 Å². The molecule has 2 heterocycles. The molecule has 0 N–H and O–H groups in total. The number of rotatable bonds is 5. The molecule has 2 aromatic rings. The number of hydrogen-bond acceptors (Lipinski definition) is 5. The van der Waals surface area contributed by atoms with Gasteiger partial charge in [0.15, 0.2) is 6.73 Å². The smallest absolute Gasteiger partial charge is 0.416 e. The van der Waals surface area contributed by atoms with E-state index in [9.17, 15) is 27.2 Å². The zero-order valence-electron chi connectivity index (χ0n) is 23.6. The number of amides is 1. The molecule has 1 saturated carbocycles. The van der Waals surface area contributed by atoms with Gasteiger partial charge in [-0.05, 0) is 92.9 Å². The molecule has 41 heavy (non-hydrogen) atoms. The maximum absolute atomic E-state index is 14.1. The van der Waals surface area contributed by atoms with E-state index in [4.69, 9.17) is 9.47 Å².